The number of rotatable bonds is 2. The second-order valence-electron chi connectivity index (χ2n) is 4.13. The molecule has 1 aromatic heterocycles. The summed E-state index contributed by atoms with van der Waals surface area (Å²) in [6.45, 7) is 5.98. The third-order valence-corrected chi connectivity index (χ3v) is 2.94. The Morgan fingerprint density at radius 1 is 1.57 bits per heavy atom. The summed E-state index contributed by atoms with van der Waals surface area (Å²) in [6, 6.07) is 0. The van der Waals surface area contributed by atoms with Gasteiger partial charge in [0.1, 0.15) is 0 Å². The molecule has 0 bridgehead atoms. The van der Waals surface area contributed by atoms with Crippen LogP contribution in [0.1, 0.15) is 24.6 Å². The monoisotopic (exact) mass is 193 g/mol. The Kier molecular flexibility index (Phi) is 2.06. The lowest BCUT2D eigenvalue weighted by Crippen LogP contribution is -2.15. The molecular formula is C10H15N3O. The maximum Gasteiger partial charge on any atom is 0.228 e. The number of aromatic amines is 1. The Morgan fingerprint density at radius 2 is 2.21 bits per heavy atom. The molecule has 1 heterocycles. The van der Waals surface area contributed by atoms with Gasteiger partial charge in [0.15, 0.2) is 5.82 Å². The number of hydrogen-bond donors (Lipinski definition) is 2. The number of nitrogens with one attached hydrogen (secondary N) is 2. The van der Waals surface area contributed by atoms with Gasteiger partial charge in [-0.05, 0) is 26.2 Å². The van der Waals surface area contributed by atoms with Crippen molar-refractivity contribution < 1.29 is 4.79 Å². The van der Waals surface area contributed by atoms with Crippen LogP contribution < -0.4 is 5.32 Å². The first-order chi connectivity index (χ1) is 6.59. The van der Waals surface area contributed by atoms with Crippen molar-refractivity contribution in [3.8, 4) is 0 Å². The molecule has 1 saturated carbocycles. The summed E-state index contributed by atoms with van der Waals surface area (Å²) < 4.78 is 0. The van der Waals surface area contributed by atoms with E-state index in [9.17, 15) is 4.79 Å². The van der Waals surface area contributed by atoms with Gasteiger partial charge < -0.3 is 5.32 Å². The molecule has 4 nitrogen and oxygen atoms in total. The van der Waals surface area contributed by atoms with Gasteiger partial charge in [0.2, 0.25) is 5.91 Å². The molecule has 14 heavy (non-hydrogen) atoms. The van der Waals surface area contributed by atoms with E-state index in [1.54, 1.807) is 0 Å². The van der Waals surface area contributed by atoms with Gasteiger partial charge >= 0.3 is 0 Å². The van der Waals surface area contributed by atoms with Crippen molar-refractivity contribution >= 4 is 11.7 Å². The number of anilines is 1. The fraction of sp³-hybridized carbons (Fsp3) is 0.600. The normalized spacial score (nSPS) is 24.8. The lowest BCUT2D eigenvalue weighted by Gasteiger charge is -2.01. The number of aryl methyl sites for hydroxylation is 1. The predicted molar refractivity (Wildman–Crippen MR) is 54.0 cm³/mol. The van der Waals surface area contributed by atoms with Gasteiger partial charge in [0, 0.05) is 17.2 Å². The quantitative estimate of drug-likeness (QED) is 0.749. The fourth-order valence-electron chi connectivity index (χ4n) is 1.50. The number of nitrogens with zero attached hydrogens (tertiary/aromatic N) is 1. The highest BCUT2D eigenvalue weighted by molar-refractivity contribution is 5.94. The van der Waals surface area contributed by atoms with E-state index in [4.69, 9.17) is 0 Å². The van der Waals surface area contributed by atoms with Crippen LogP contribution in [0.3, 0.4) is 0 Å². The largest absolute Gasteiger partial charge is 0.309 e. The Morgan fingerprint density at radius 3 is 2.64 bits per heavy atom. The molecule has 1 aliphatic rings. The first kappa shape index (κ1) is 9.24. The van der Waals surface area contributed by atoms with E-state index in [0.717, 1.165) is 17.7 Å². The molecule has 1 aromatic rings. The average Bonchev–Trinajstić information content (AvgIpc) is 2.80. The Bertz CT molecular complexity index is 369. The van der Waals surface area contributed by atoms with Gasteiger partial charge in [-0.2, -0.15) is 5.10 Å². The molecule has 1 amide bonds. The Hall–Kier alpha value is -1.32. The average molecular weight is 193 g/mol. The third kappa shape index (κ3) is 1.52. The maximum atomic E-state index is 11.6. The number of carbonyl (C=O) groups excluding carboxylic acids is 1. The van der Waals surface area contributed by atoms with Crippen LogP contribution in [0.5, 0.6) is 0 Å². The summed E-state index contributed by atoms with van der Waals surface area (Å²) in [4.78, 5) is 11.6. The molecule has 2 unspecified atom stereocenters. The summed E-state index contributed by atoms with van der Waals surface area (Å²) >= 11 is 0. The van der Waals surface area contributed by atoms with E-state index in [0.29, 0.717) is 11.7 Å². The molecule has 0 aromatic carbocycles. The van der Waals surface area contributed by atoms with Crippen LogP contribution >= 0.6 is 0 Å². The molecule has 0 spiro atoms. The van der Waals surface area contributed by atoms with Crippen LogP contribution in [0.4, 0.5) is 5.82 Å². The lowest BCUT2D eigenvalue weighted by molar-refractivity contribution is -0.117. The predicted octanol–water partition coefficient (Wildman–Crippen LogP) is 1.62. The first-order valence-corrected chi connectivity index (χ1v) is 4.92. The second kappa shape index (κ2) is 3.12. The minimum absolute atomic E-state index is 0.104. The standard InChI is InChI=1S/C10H15N3O/c1-5-4-8(5)10(14)11-9-6(2)7(3)12-13-9/h5,8H,4H2,1-3H3,(H2,11,12,13,14). The smallest absolute Gasteiger partial charge is 0.228 e. The van der Waals surface area contributed by atoms with E-state index in [2.05, 4.69) is 22.4 Å². The molecule has 76 valence electrons. The topological polar surface area (TPSA) is 57.8 Å². The van der Waals surface area contributed by atoms with Crippen LogP contribution in [0.25, 0.3) is 0 Å². The maximum absolute atomic E-state index is 11.6. The zero-order chi connectivity index (χ0) is 10.3. The molecule has 2 N–H and O–H groups in total. The number of amides is 1. The van der Waals surface area contributed by atoms with E-state index < -0.39 is 0 Å². The van der Waals surface area contributed by atoms with Crippen molar-refractivity contribution in [1.29, 1.82) is 0 Å². The van der Waals surface area contributed by atoms with Crippen molar-refractivity contribution in [2.45, 2.75) is 27.2 Å². The molecule has 2 atom stereocenters. The van der Waals surface area contributed by atoms with E-state index >= 15 is 0 Å². The van der Waals surface area contributed by atoms with E-state index in [1.165, 1.54) is 0 Å². The SMILES string of the molecule is Cc1[nH]nc(NC(=O)C2CC2C)c1C. The lowest BCUT2D eigenvalue weighted by atomic mass is 10.2. The number of hydrogen-bond acceptors (Lipinski definition) is 2. The van der Waals surface area contributed by atoms with Crippen LogP contribution in [-0.4, -0.2) is 16.1 Å². The zero-order valence-electron chi connectivity index (χ0n) is 8.72. The molecule has 1 fully saturated rings. The van der Waals surface area contributed by atoms with Gasteiger partial charge in [0.25, 0.3) is 0 Å². The summed E-state index contributed by atoms with van der Waals surface area (Å²) in [5.41, 5.74) is 2.02. The second-order valence-corrected chi connectivity index (χ2v) is 4.13. The van der Waals surface area contributed by atoms with Crippen molar-refractivity contribution in [2.24, 2.45) is 11.8 Å². The molecule has 1 aliphatic carbocycles. The number of aromatic nitrogens is 2. The van der Waals surface area contributed by atoms with Gasteiger partial charge in [0.05, 0.1) is 0 Å². The number of H-pyrrole nitrogens is 1. The zero-order valence-corrected chi connectivity index (χ0v) is 8.72. The minimum atomic E-state index is 0.104. The molecule has 0 radical (unpaired) electrons. The van der Waals surface area contributed by atoms with Crippen molar-refractivity contribution in [3.63, 3.8) is 0 Å². The van der Waals surface area contributed by atoms with Crippen LogP contribution in [0.2, 0.25) is 0 Å². The van der Waals surface area contributed by atoms with E-state index in [1.807, 2.05) is 13.8 Å². The number of carbonyl (C=O) groups is 1. The van der Waals surface area contributed by atoms with Crippen LogP contribution in [-0.2, 0) is 4.79 Å². The highest BCUT2D eigenvalue weighted by atomic mass is 16.2. The van der Waals surface area contributed by atoms with Gasteiger partial charge in [-0.3, -0.25) is 9.89 Å². The summed E-state index contributed by atoms with van der Waals surface area (Å²) in [7, 11) is 0. The van der Waals surface area contributed by atoms with Crippen molar-refractivity contribution in [3.05, 3.63) is 11.3 Å². The Balaban J connectivity index is 2.04. The van der Waals surface area contributed by atoms with Gasteiger partial charge in [-0.15, -0.1) is 0 Å². The van der Waals surface area contributed by atoms with Gasteiger partial charge in [-0.1, -0.05) is 6.92 Å². The molecule has 0 aliphatic heterocycles. The Labute approximate surface area is 83.1 Å². The van der Waals surface area contributed by atoms with Gasteiger partial charge in [-0.25, -0.2) is 0 Å². The molecule has 4 heteroatoms. The molecular weight excluding hydrogens is 178 g/mol. The highest BCUT2D eigenvalue weighted by Gasteiger charge is 2.39. The molecule has 2 rings (SSSR count). The minimum Gasteiger partial charge on any atom is -0.309 e. The van der Waals surface area contributed by atoms with Crippen molar-refractivity contribution in [2.75, 3.05) is 5.32 Å². The summed E-state index contributed by atoms with van der Waals surface area (Å²) in [6.07, 6.45) is 1.01. The third-order valence-electron chi connectivity index (χ3n) is 2.94. The van der Waals surface area contributed by atoms with Crippen LogP contribution in [0, 0.1) is 25.7 Å². The van der Waals surface area contributed by atoms with E-state index in [-0.39, 0.29) is 11.8 Å². The fourth-order valence-corrected chi connectivity index (χ4v) is 1.50. The molecule has 0 saturated heterocycles. The first-order valence-electron chi connectivity index (χ1n) is 4.92. The van der Waals surface area contributed by atoms with Crippen LogP contribution in [0.15, 0.2) is 0 Å². The summed E-state index contributed by atoms with van der Waals surface area (Å²) in [5, 5.41) is 9.72. The summed E-state index contributed by atoms with van der Waals surface area (Å²) in [5.74, 6) is 1.51. The van der Waals surface area contributed by atoms with Crippen molar-refractivity contribution in [1.82, 2.24) is 10.2 Å². The highest BCUT2D eigenvalue weighted by Crippen LogP contribution is 2.38.